The first-order valence-electron chi connectivity index (χ1n) is 6.76. The van der Waals surface area contributed by atoms with Crippen LogP contribution in [-0.2, 0) is 17.6 Å². The Bertz CT molecular complexity index is 453. The summed E-state index contributed by atoms with van der Waals surface area (Å²) in [4.78, 5) is 1.93. The number of rotatable bonds is 7. The van der Waals surface area contributed by atoms with Gasteiger partial charge in [-0.3, -0.25) is 0 Å². The molecule has 5 heteroatoms. The Morgan fingerprint density at radius 1 is 1.21 bits per heavy atom. The summed E-state index contributed by atoms with van der Waals surface area (Å²) in [6.45, 7) is 8.05. The third-order valence-corrected chi connectivity index (χ3v) is 3.08. The van der Waals surface area contributed by atoms with E-state index in [4.69, 9.17) is 4.74 Å². The van der Waals surface area contributed by atoms with Crippen LogP contribution in [0.1, 0.15) is 37.6 Å². The lowest BCUT2D eigenvalue weighted by Crippen LogP contribution is -2.25. The van der Waals surface area contributed by atoms with E-state index in [1.807, 2.05) is 32.7 Å². The molecule has 0 spiro atoms. The molecule has 19 heavy (non-hydrogen) atoms. The molecule has 0 aromatic carbocycles. The fraction of sp³-hybridized carbons (Fsp3) is 0.643. The van der Waals surface area contributed by atoms with Crippen molar-refractivity contribution < 1.29 is 4.74 Å². The number of nitrogens with zero attached hydrogens (tertiary/aromatic N) is 4. The minimum absolute atomic E-state index is 0.622. The predicted molar refractivity (Wildman–Crippen MR) is 75.3 cm³/mol. The van der Waals surface area contributed by atoms with Crippen molar-refractivity contribution in [3.63, 3.8) is 0 Å². The molecule has 0 amide bonds. The van der Waals surface area contributed by atoms with Gasteiger partial charge < -0.3 is 9.64 Å². The molecule has 5 nitrogen and oxygen atoms in total. The Morgan fingerprint density at radius 3 is 2.47 bits per heavy atom. The van der Waals surface area contributed by atoms with Gasteiger partial charge in [0.2, 0.25) is 0 Å². The minimum Gasteiger partial charge on any atom is -0.380 e. The topological polar surface area (TPSA) is 62.0 Å². The predicted octanol–water partition coefficient (Wildman–Crippen LogP) is 1.95. The zero-order chi connectivity index (χ0) is 14.3. The number of ether oxygens (including phenoxy) is 1. The van der Waals surface area contributed by atoms with E-state index in [-0.39, 0.29) is 0 Å². The van der Waals surface area contributed by atoms with E-state index < -0.39 is 0 Å². The van der Waals surface area contributed by atoms with Crippen LogP contribution in [0.5, 0.6) is 0 Å². The standard InChI is InChI=1S/C14H22N4O/c1-5-11-12(10-15)14(17-16-13(11)6-2)18(4)8-9-19-7-3/h5-9H2,1-4H3. The van der Waals surface area contributed by atoms with Crippen molar-refractivity contribution in [2.24, 2.45) is 0 Å². The fourth-order valence-corrected chi connectivity index (χ4v) is 2.00. The van der Waals surface area contributed by atoms with Crippen molar-refractivity contribution in [3.8, 4) is 6.07 Å². The van der Waals surface area contributed by atoms with Crippen molar-refractivity contribution in [2.75, 3.05) is 31.7 Å². The smallest absolute Gasteiger partial charge is 0.169 e. The van der Waals surface area contributed by atoms with Gasteiger partial charge in [-0.2, -0.15) is 10.4 Å². The number of anilines is 1. The SMILES string of the molecule is CCOCCN(C)c1nnc(CC)c(CC)c1C#N. The third-order valence-electron chi connectivity index (χ3n) is 3.08. The van der Waals surface area contributed by atoms with E-state index in [1.165, 1.54) is 0 Å². The number of likely N-dealkylation sites (N-methyl/N-ethyl adjacent to an activating group) is 1. The quantitative estimate of drug-likeness (QED) is 0.703. The first kappa shape index (κ1) is 15.4. The molecule has 0 aliphatic rings. The molecule has 0 aliphatic carbocycles. The number of hydrogen-bond acceptors (Lipinski definition) is 5. The molecule has 0 fully saturated rings. The maximum atomic E-state index is 9.40. The molecule has 0 bridgehead atoms. The van der Waals surface area contributed by atoms with E-state index in [0.29, 0.717) is 31.1 Å². The van der Waals surface area contributed by atoms with E-state index in [9.17, 15) is 5.26 Å². The molecule has 1 aromatic rings. The lowest BCUT2D eigenvalue weighted by molar-refractivity contribution is 0.154. The second-order valence-corrected chi connectivity index (χ2v) is 4.26. The Hall–Kier alpha value is -1.67. The van der Waals surface area contributed by atoms with Crippen LogP contribution >= 0.6 is 0 Å². The van der Waals surface area contributed by atoms with Gasteiger partial charge in [0.1, 0.15) is 11.6 Å². The lowest BCUT2D eigenvalue weighted by atomic mass is 10.0. The second-order valence-electron chi connectivity index (χ2n) is 4.26. The summed E-state index contributed by atoms with van der Waals surface area (Å²) in [6.07, 6.45) is 1.60. The Morgan fingerprint density at radius 2 is 1.95 bits per heavy atom. The van der Waals surface area contributed by atoms with Gasteiger partial charge in [-0.1, -0.05) is 13.8 Å². The summed E-state index contributed by atoms with van der Waals surface area (Å²) in [5.41, 5.74) is 2.58. The Balaban J connectivity index is 3.04. The highest BCUT2D eigenvalue weighted by Gasteiger charge is 2.16. The molecule has 0 radical (unpaired) electrons. The fourth-order valence-electron chi connectivity index (χ4n) is 2.00. The number of hydrogen-bond donors (Lipinski definition) is 0. The van der Waals surface area contributed by atoms with Crippen molar-refractivity contribution in [2.45, 2.75) is 33.6 Å². The van der Waals surface area contributed by atoms with Gasteiger partial charge in [0, 0.05) is 20.2 Å². The largest absolute Gasteiger partial charge is 0.380 e. The molecule has 1 aromatic heterocycles. The van der Waals surface area contributed by atoms with Gasteiger partial charge in [0.15, 0.2) is 5.82 Å². The minimum atomic E-state index is 0.622. The van der Waals surface area contributed by atoms with Crippen LogP contribution in [0.15, 0.2) is 0 Å². The van der Waals surface area contributed by atoms with Crippen LogP contribution in [0.2, 0.25) is 0 Å². The van der Waals surface area contributed by atoms with Gasteiger partial charge in [-0.15, -0.1) is 5.10 Å². The molecular weight excluding hydrogens is 240 g/mol. The van der Waals surface area contributed by atoms with Crippen LogP contribution in [0.3, 0.4) is 0 Å². The van der Waals surface area contributed by atoms with Crippen molar-refractivity contribution in [3.05, 3.63) is 16.8 Å². The zero-order valence-corrected chi connectivity index (χ0v) is 12.2. The van der Waals surface area contributed by atoms with Gasteiger partial charge >= 0.3 is 0 Å². The molecule has 0 N–H and O–H groups in total. The maximum absolute atomic E-state index is 9.40. The highest BCUT2D eigenvalue weighted by Crippen LogP contribution is 2.22. The number of aryl methyl sites for hydroxylation is 1. The molecule has 104 valence electrons. The van der Waals surface area contributed by atoms with E-state index in [2.05, 4.69) is 16.3 Å². The highest BCUT2D eigenvalue weighted by atomic mass is 16.5. The van der Waals surface area contributed by atoms with E-state index in [1.54, 1.807) is 0 Å². The maximum Gasteiger partial charge on any atom is 0.169 e. The number of aromatic nitrogens is 2. The summed E-state index contributed by atoms with van der Waals surface area (Å²) in [5, 5.41) is 17.8. The molecule has 1 heterocycles. The van der Waals surface area contributed by atoms with Crippen molar-refractivity contribution in [1.29, 1.82) is 5.26 Å². The van der Waals surface area contributed by atoms with Crippen LogP contribution in [0, 0.1) is 11.3 Å². The Kier molecular flexibility index (Phi) is 6.23. The van der Waals surface area contributed by atoms with Gasteiger partial charge in [0.25, 0.3) is 0 Å². The molecule has 0 saturated carbocycles. The van der Waals surface area contributed by atoms with Gasteiger partial charge in [-0.25, -0.2) is 0 Å². The van der Waals surface area contributed by atoms with E-state index >= 15 is 0 Å². The summed E-state index contributed by atoms with van der Waals surface area (Å²) in [5.74, 6) is 0.649. The second kappa shape index (κ2) is 7.70. The van der Waals surface area contributed by atoms with Crippen LogP contribution in [0.4, 0.5) is 5.82 Å². The van der Waals surface area contributed by atoms with Crippen molar-refractivity contribution in [1.82, 2.24) is 10.2 Å². The monoisotopic (exact) mass is 262 g/mol. The molecule has 0 atom stereocenters. The molecule has 0 unspecified atom stereocenters. The third kappa shape index (κ3) is 3.65. The highest BCUT2D eigenvalue weighted by molar-refractivity contribution is 5.57. The molecule has 0 aliphatic heterocycles. The van der Waals surface area contributed by atoms with Gasteiger partial charge in [-0.05, 0) is 25.3 Å². The number of nitriles is 1. The van der Waals surface area contributed by atoms with Crippen molar-refractivity contribution >= 4 is 5.82 Å². The summed E-state index contributed by atoms with van der Waals surface area (Å²) in [6, 6.07) is 2.28. The van der Waals surface area contributed by atoms with Crippen LogP contribution in [0.25, 0.3) is 0 Å². The van der Waals surface area contributed by atoms with Gasteiger partial charge in [0.05, 0.1) is 12.3 Å². The lowest BCUT2D eigenvalue weighted by Gasteiger charge is -2.20. The van der Waals surface area contributed by atoms with Crippen LogP contribution in [-0.4, -0.2) is 37.0 Å². The molecule has 1 rings (SSSR count). The molecule has 0 saturated heterocycles. The van der Waals surface area contributed by atoms with E-state index in [0.717, 1.165) is 24.1 Å². The summed E-state index contributed by atoms with van der Waals surface area (Å²) >= 11 is 0. The zero-order valence-electron chi connectivity index (χ0n) is 12.2. The average molecular weight is 262 g/mol. The Labute approximate surface area is 115 Å². The normalized spacial score (nSPS) is 10.3. The first-order chi connectivity index (χ1) is 9.19. The molecular formula is C14H22N4O. The summed E-state index contributed by atoms with van der Waals surface area (Å²) in [7, 11) is 1.91. The van der Waals surface area contributed by atoms with Crippen LogP contribution < -0.4 is 4.90 Å². The average Bonchev–Trinajstić information content (AvgIpc) is 2.45. The first-order valence-corrected chi connectivity index (χ1v) is 6.76. The summed E-state index contributed by atoms with van der Waals surface area (Å²) < 4.78 is 5.33.